The molecule has 1 aliphatic rings. The maximum Gasteiger partial charge on any atom is 0.421 e. The molecular formula is C23H25F3N8O3S. The smallest absolute Gasteiger partial charge is 0.365 e. The molecule has 0 saturated carbocycles. The van der Waals surface area contributed by atoms with Gasteiger partial charge in [-0.2, -0.15) is 18.2 Å². The Labute approximate surface area is 217 Å². The number of pyridine rings is 1. The predicted molar refractivity (Wildman–Crippen MR) is 137 cm³/mol. The number of halogens is 3. The van der Waals surface area contributed by atoms with Gasteiger partial charge in [0.15, 0.2) is 0 Å². The van der Waals surface area contributed by atoms with Crippen molar-refractivity contribution in [2.24, 2.45) is 0 Å². The summed E-state index contributed by atoms with van der Waals surface area (Å²) in [6.45, 7) is 2.33. The van der Waals surface area contributed by atoms with Crippen molar-refractivity contribution >= 4 is 45.0 Å². The first-order valence-electron chi connectivity index (χ1n) is 11.5. The van der Waals surface area contributed by atoms with Gasteiger partial charge in [0.1, 0.15) is 17.2 Å². The Kier molecular flexibility index (Phi) is 7.57. The minimum absolute atomic E-state index is 0.00160. The SMILES string of the molecule is CCS(=O)(=O)Nc1ncccc1CNc1nc(Nc2cccc(N3CCN(C)C3=O)c2)ncc1C(F)(F)F. The number of aromatic nitrogens is 3. The Morgan fingerprint density at radius 1 is 1.08 bits per heavy atom. The van der Waals surface area contributed by atoms with Crippen molar-refractivity contribution in [1.29, 1.82) is 0 Å². The van der Waals surface area contributed by atoms with Gasteiger partial charge in [-0.25, -0.2) is 23.2 Å². The summed E-state index contributed by atoms with van der Waals surface area (Å²) in [5.74, 6) is -0.808. The highest BCUT2D eigenvalue weighted by molar-refractivity contribution is 7.92. The van der Waals surface area contributed by atoms with Gasteiger partial charge in [-0.1, -0.05) is 12.1 Å². The van der Waals surface area contributed by atoms with Gasteiger partial charge in [0.2, 0.25) is 16.0 Å². The number of carbonyl (C=O) groups is 1. The Hall–Kier alpha value is -4.14. The van der Waals surface area contributed by atoms with Crippen LogP contribution in [0.3, 0.4) is 0 Å². The number of hydrogen-bond donors (Lipinski definition) is 3. The summed E-state index contributed by atoms with van der Waals surface area (Å²) in [7, 11) is -1.95. The Morgan fingerprint density at radius 2 is 1.87 bits per heavy atom. The third-order valence-electron chi connectivity index (χ3n) is 5.69. The number of amides is 2. The van der Waals surface area contributed by atoms with Crippen molar-refractivity contribution in [2.75, 3.05) is 46.1 Å². The molecule has 0 atom stereocenters. The topological polar surface area (TPSA) is 132 Å². The van der Waals surface area contributed by atoms with Crippen LogP contribution in [0.15, 0.2) is 48.8 Å². The van der Waals surface area contributed by atoms with E-state index in [2.05, 4.69) is 30.3 Å². The van der Waals surface area contributed by atoms with Crippen LogP contribution in [0.25, 0.3) is 0 Å². The molecule has 1 aliphatic heterocycles. The van der Waals surface area contributed by atoms with Crippen molar-refractivity contribution in [3.8, 4) is 0 Å². The molecule has 0 bridgehead atoms. The fraction of sp³-hybridized carbons (Fsp3) is 0.304. The molecule has 1 aromatic carbocycles. The second-order valence-corrected chi connectivity index (χ2v) is 10.4. The van der Waals surface area contributed by atoms with Crippen molar-refractivity contribution in [2.45, 2.75) is 19.6 Å². The van der Waals surface area contributed by atoms with Crippen molar-refractivity contribution in [1.82, 2.24) is 19.9 Å². The number of hydrogen-bond acceptors (Lipinski definition) is 8. The van der Waals surface area contributed by atoms with E-state index >= 15 is 0 Å². The van der Waals surface area contributed by atoms with Crippen LogP contribution in [0, 0.1) is 0 Å². The van der Waals surface area contributed by atoms with Crippen molar-refractivity contribution in [3.05, 3.63) is 59.9 Å². The molecule has 3 aromatic rings. The summed E-state index contributed by atoms with van der Waals surface area (Å²) in [6.07, 6.45) is -2.72. The van der Waals surface area contributed by atoms with E-state index in [1.54, 1.807) is 41.1 Å². The Balaban J connectivity index is 1.58. The number of nitrogens with one attached hydrogen (secondary N) is 3. The quantitative estimate of drug-likeness (QED) is 0.366. The predicted octanol–water partition coefficient (Wildman–Crippen LogP) is 3.88. The number of nitrogens with zero attached hydrogens (tertiary/aromatic N) is 5. The highest BCUT2D eigenvalue weighted by Crippen LogP contribution is 2.35. The number of carbonyl (C=O) groups excluding carboxylic acids is 1. The normalized spacial score (nSPS) is 14.1. The molecule has 3 N–H and O–H groups in total. The molecule has 0 radical (unpaired) electrons. The lowest BCUT2D eigenvalue weighted by molar-refractivity contribution is -0.137. The monoisotopic (exact) mass is 550 g/mol. The van der Waals surface area contributed by atoms with Crippen LogP contribution >= 0.6 is 0 Å². The zero-order chi connectivity index (χ0) is 27.5. The van der Waals surface area contributed by atoms with Gasteiger partial charge < -0.3 is 15.5 Å². The number of rotatable bonds is 9. The van der Waals surface area contributed by atoms with Crippen molar-refractivity contribution in [3.63, 3.8) is 0 Å². The van der Waals surface area contributed by atoms with Gasteiger partial charge in [0, 0.05) is 56.0 Å². The fourth-order valence-corrected chi connectivity index (χ4v) is 4.25. The van der Waals surface area contributed by atoms with Crippen LogP contribution in [-0.4, -0.2) is 60.2 Å². The van der Waals surface area contributed by atoms with Gasteiger partial charge in [-0.05, 0) is 31.2 Å². The lowest BCUT2D eigenvalue weighted by Gasteiger charge is -2.18. The van der Waals surface area contributed by atoms with Crippen LogP contribution < -0.4 is 20.3 Å². The van der Waals surface area contributed by atoms with Crippen LogP contribution in [0.1, 0.15) is 18.1 Å². The summed E-state index contributed by atoms with van der Waals surface area (Å²) >= 11 is 0. The van der Waals surface area contributed by atoms with Gasteiger partial charge in [0.05, 0.1) is 5.75 Å². The van der Waals surface area contributed by atoms with Gasteiger partial charge in [-0.15, -0.1) is 0 Å². The van der Waals surface area contributed by atoms with Gasteiger partial charge >= 0.3 is 12.2 Å². The summed E-state index contributed by atoms with van der Waals surface area (Å²) in [5.41, 5.74) is 0.313. The van der Waals surface area contributed by atoms with Crippen LogP contribution in [0.2, 0.25) is 0 Å². The number of sulfonamides is 1. The molecule has 1 saturated heterocycles. The van der Waals surface area contributed by atoms with Crippen LogP contribution in [-0.2, 0) is 22.7 Å². The van der Waals surface area contributed by atoms with E-state index in [0.29, 0.717) is 36.2 Å². The lowest BCUT2D eigenvalue weighted by Crippen LogP contribution is -2.29. The summed E-state index contributed by atoms with van der Waals surface area (Å²) in [4.78, 5) is 27.3. The molecule has 0 spiro atoms. The molecule has 11 nitrogen and oxygen atoms in total. The zero-order valence-corrected chi connectivity index (χ0v) is 21.3. The van der Waals surface area contributed by atoms with E-state index in [1.165, 1.54) is 25.3 Å². The first kappa shape index (κ1) is 26.9. The third kappa shape index (κ3) is 6.22. The van der Waals surface area contributed by atoms with E-state index in [0.717, 1.165) is 0 Å². The molecule has 38 heavy (non-hydrogen) atoms. The highest BCUT2D eigenvalue weighted by Gasteiger charge is 2.35. The van der Waals surface area contributed by atoms with Gasteiger partial charge in [0.25, 0.3) is 0 Å². The van der Waals surface area contributed by atoms with Gasteiger partial charge in [-0.3, -0.25) is 9.62 Å². The van der Waals surface area contributed by atoms with E-state index in [9.17, 15) is 26.4 Å². The molecule has 202 valence electrons. The van der Waals surface area contributed by atoms with Crippen molar-refractivity contribution < 1.29 is 26.4 Å². The number of anilines is 5. The Morgan fingerprint density at radius 3 is 2.55 bits per heavy atom. The maximum atomic E-state index is 13.7. The second-order valence-electron chi connectivity index (χ2n) is 8.35. The highest BCUT2D eigenvalue weighted by atomic mass is 32.2. The number of benzene rings is 1. The minimum Gasteiger partial charge on any atom is -0.365 e. The van der Waals surface area contributed by atoms with Crippen LogP contribution in [0.5, 0.6) is 0 Å². The molecule has 2 amide bonds. The molecule has 4 rings (SSSR count). The summed E-state index contributed by atoms with van der Waals surface area (Å²) in [5, 5.41) is 5.50. The molecule has 15 heteroatoms. The number of urea groups is 1. The molecule has 1 fully saturated rings. The number of alkyl halides is 3. The van der Waals surface area contributed by atoms with E-state index in [-0.39, 0.29) is 30.1 Å². The molecule has 2 aromatic heterocycles. The minimum atomic E-state index is -4.75. The van der Waals surface area contributed by atoms with E-state index in [1.807, 2.05) is 0 Å². The summed E-state index contributed by atoms with van der Waals surface area (Å²) in [6, 6.07) is 9.71. The van der Waals surface area contributed by atoms with E-state index in [4.69, 9.17) is 0 Å². The molecular weight excluding hydrogens is 525 g/mol. The van der Waals surface area contributed by atoms with E-state index < -0.39 is 27.6 Å². The average molecular weight is 551 g/mol. The molecule has 0 unspecified atom stereocenters. The third-order valence-corrected chi connectivity index (χ3v) is 6.96. The maximum absolute atomic E-state index is 13.7. The first-order valence-corrected chi connectivity index (χ1v) is 13.1. The first-order chi connectivity index (χ1) is 18.0. The lowest BCUT2D eigenvalue weighted by atomic mass is 10.2. The zero-order valence-electron chi connectivity index (χ0n) is 20.5. The average Bonchev–Trinajstić information content (AvgIpc) is 3.21. The Bertz CT molecular complexity index is 1440. The standard InChI is InChI=1S/C23H25F3N8O3S/c1-3-38(36,37)32-19-15(6-5-9-27-19)13-28-20-18(23(24,25)26)14-29-21(31-20)30-16-7-4-8-17(12-16)34-11-10-33(2)22(34)35/h4-9,12,14H,3,10-11,13H2,1-2H3,(H,27,32)(H2,28,29,30,31). The molecule has 0 aliphatic carbocycles. The second kappa shape index (κ2) is 10.7. The molecule has 3 heterocycles. The fourth-order valence-electron chi connectivity index (χ4n) is 3.62. The largest absolute Gasteiger partial charge is 0.421 e. The van der Waals surface area contributed by atoms with Crippen LogP contribution in [0.4, 0.5) is 46.9 Å². The summed E-state index contributed by atoms with van der Waals surface area (Å²) < 4.78 is 67.3. The number of likely N-dealkylation sites (N-methyl/N-ethyl adjacent to an activating group) is 1.